The molecular weight excluding hydrogens is 322 g/mol. The summed E-state index contributed by atoms with van der Waals surface area (Å²) in [7, 11) is 0. The van der Waals surface area contributed by atoms with Gasteiger partial charge in [0.2, 0.25) is 5.91 Å². The summed E-state index contributed by atoms with van der Waals surface area (Å²) in [6, 6.07) is 7.58. The zero-order chi connectivity index (χ0) is 14.5. The van der Waals surface area contributed by atoms with Crippen LogP contribution in [0, 0.1) is 0 Å². The van der Waals surface area contributed by atoms with Crippen molar-refractivity contribution in [2.75, 3.05) is 19.6 Å². The molecule has 1 aromatic carbocycles. The van der Waals surface area contributed by atoms with Gasteiger partial charge in [0.05, 0.1) is 6.04 Å². The van der Waals surface area contributed by atoms with Crippen molar-refractivity contribution >= 4 is 27.9 Å². The van der Waals surface area contributed by atoms with E-state index < -0.39 is 0 Å². The number of hydrogen-bond donors (Lipinski definition) is 2. The Morgan fingerprint density at radius 3 is 2.90 bits per heavy atom. The van der Waals surface area contributed by atoms with Gasteiger partial charge in [-0.1, -0.05) is 34.1 Å². The van der Waals surface area contributed by atoms with Gasteiger partial charge in [0.25, 0.3) is 0 Å². The van der Waals surface area contributed by atoms with Gasteiger partial charge in [0.1, 0.15) is 0 Å². The van der Waals surface area contributed by atoms with E-state index in [0.29, 0.717) is 26.1 Å². The Morgan fingerprint density at radius 1 is 1.40 bits per heavy atom. The van der Waals surface area contributed by atoms with Gasteiger partial charge in [-0.3, -0.25) is 4.79 Å². The van der Waals surface area contributed by atoms with Crippen LogP contribution >= 0.6 is 15.9 Å². The molecular formula is C14H18BrN3O2. The molecule has 0 bridgehead atoms. The van der Waals surface area contributed by atoms with Crippen LogP contribution in [0.4, 0.5) is 4.79 Å². The summed E-state index contributed by atoms with van der Waals surface area (Å²) in [5.74, 6) is -0.000785. The molecule has 5 nitrogen and oxygen atoms in total. The molecule has 0 radical (unpaired) electrons. The molecule has 1 heterocycles. The lowest BCUT2D eigenvalue weighted by molar-refractivity contribution is -0.120. The Bertz CT molecular complexity index is 507. The topological polar surface area (TPSA) is 61.4 Å². The fourth-order valence-corrected chi connectivity index (χ4v) is 2.78. The van der Waals surface area contributed by atoms with Crippen LogP contribution in [0.2, 0.25) is 0 Å². The monoisotopic (exact) mass is 339 g/mol. The quantitative estimate of drug-likeness (QED) is 0.866. The zero-order valence-corrected chi connectivity index (χ0v) is 12.9. The van der Waals surface area contributed by atoms with E-state index in [1.54, 1.807) is 4.90 Å². The van der Waals surface area contributed by atoms with E-state index in [9.17, 15) is 9.59 Å². The third kappa shape index (κ3) is 3.72. The lowest BCUT2D eigenvalue weighted by Crippen LogP contribution is -2.42. The van der Waals surface area contributed by atoms with E-state index in [4.69, 9.17) is 0 Å². The van der Waals surface area contributed by atoms with Gasteiger partial charge in [-0.2, -0.15) is 0 Å². The normalized spacial score (nSPS) is 17.1. The van der Waals surface area contributed by atoms with Crippen molar-refractivity contribution in [2.24, 2.45) is 0 Å². The molecule has 2 rings (SSSR count). The van der Waals surface area contributed by atoms with Crippen LogP contribution in [-0.4, -0.2) is 36.5 Å². The number of carbonyl (C=O) groups excluding carboxylic acids is 2. The first-order valence-electron chi connectivity index (χ1n) is 6.64. The number of nitrogens with one attached hydrogen (secondary N) is 2. The predicted octanol–water partition coefficient (Wildman–Crippen LogP) is 2.04. The summed E-state index contributed by atoms with van der Waals surface area (Å²) in [6.07, 6.45) is 0.358. The number of urea groups is 1. The molecule has 1 saturated heterocycles. The lowest BCUT2D eigenvalue weighted by Gasteiger charge is -2.23. The molecule has 20 heavy (non-hydrogen) atoms. The molecule has 2 N–H and O–H groups in total. The first-order chi connectivity index (χ1) is 9.58. The highest BCUT2D eigenvalue weighted by molar-refractivity contribution is 9.10. The molecule has 0 spiro atoms. The number of amides is 3. The summed E-state index contributed by atoms with van der Waals surface area (Å²) in [5.41, 5.74) is 1.03. The smallest absolute Gasteiger partial charge is 0.317 e. The molecule has 108 valence electrons. The van der Waals surface area contributed by atoms with Gasteiger partial charge in [-0.05, 0) is 18.6 Å². The third-order valence-electron chi connectivity index (χ3n) is 3.31. The average Bonchev–Trinajstić information content (AvgIpc) is 2.64. The van der Waals surface area contributed by atoms with E-state index in [2.05, 4.69) is 26.6 Å². The largest absolute Gasteiger partial charge is 0.354 e. The minimum absolute atomic E-state index is 0.000785. The van der Waals surface area contributed by atoms with Crippen LogP contribution in [0.15, 0.2) is 28.7 Å². The highest BCUT2D eigenvalue weighted by atomic mass is 79.9. The summed E-state index contributed by atoms with van der Waals surface area (Å²) in [6.45, 7) is 3.45. The van der Waals surface area contributed by atoms with Crippen molar-refractivity contribution in [2.45, 2.75) is 19.4 Å². The van der Waals surface area contributed by atoms with Gasteiger partial charge >= 0.3 is 6.03 Å². The molecule has 1 aliphatic heterocycles. The SMILES string of the molecule is C[C@@H](NC(=O)N1CCNC(=O)CC1)c1ccccc1Br. The maximum atomic E-state index is 12.2. The average molecular weight is 340 g/mol. The van der Waals surface area contributed by atoms with Gasteiger partial charge in [0, 0.05) is 30.5 Å². The molecule has 0 saturated carbocycles. The number of halogens is 1. The Hall–Kier alpha value is -1.56. The first kappa shape index (κ1) is 14.8. The first-order valence-corrected chi connectivity index (χ1v) is 7.44. The molecule has 0 aliphatic carbocycles. The summed E-state index contributed by atoms with van der Waals surface area (Å²) in [5, 5.41) is 5.72. The molecule has 1 atom stereocenters. The molecule has 1 aromatic rings. The van der Waals surface area contributed by atoms with E-state index in [0.717, 1.165) is 10.0 Å². The Kier molecular flexibility index (Phi) is 5.00. The molecule has 1 fully saturated rings. The minimum Gasteiger partial charge on any atom is -0.354 e. The van der Waals surface area contributed by atoms with E-state index in [-0.39, 0.29) is 18.0 Å². The number of nitrogens with zero attached hydrogens (tertiary/aromatic N) is 1. The third-order valence-corrected chi connectivity index (χ3v) is 4.03. The second-order valence-electron chi connectivity index (χ2n) is 4.78. The second-order valence-corrected chi connectivity index (χ2v) is 5.63. The predicted molar refractivity (Wildman–Crippen MR) is 80.3 cm³/mol. The zero-order valence-electron chi connectivity index (χ0n) is 11.4. The van der Waals surface area contributed by atoms with Crippen LogP contribution < -0.4 is 10.6 Å². The van der Waals surface area contributed by atoms with Crippen molar-refractivity contribution in [1.82, 2.24) is 15.5 Å². The van der Waals surface area contributed by atoms with Gasteiger partial charge in [-0.25, -0.2) is 4.79 Å². The molecule has 1 aliphatic rings. The van der Waals surface area contributed by atoms with Crippen molar-refractivity contribution < 1.29 is 9.59 Å². The van der Waals surface area contributed by atoms with E-state index in [1.165, 1.54) is 0 Å². The Morgan fingerprint density at radius 2 is 2.15 bits per heavy atom. The summed E-state index contributed by atoms with van der Waals surface area (Å²) >= 11 is 3.48. The van der Waals surface area contributed by atoms with Crippen LogP contribution in [0.25, 0.3) is 0 Å². The number of benzene rings is 1. The molecule has 6 heteroatoms. The molecule has 0 unspecified atom stereocenters. The maximum absolute atomic E-state index is 12.2. The van der Waals surface area contributed by atoms with Crippen LogP contribution in [0.5, 0.6) is 0 Å². The van der Waals surface area contributed by atoms with Crippen molar-refractivity contribution in [3.63, 3.8) is 0 Å². The van der Waals surface area contributed by atoms with Gasteiger partial charge in [-0.15, -0.1) is 0 Å². The van der Waals surface area contributed by atoms with Crippen molar-refractivity contribution in [1.29, 1.82) is 0 Å². The second kappa shape index (κ2) is 6.74. The number of rotatable bonds is 2. The fourth-order valence-electron chi connectivity index (χ4n) is 2.15. The number of hydrogen-bond acceptors (Lipinski definition) is 2. The summed E-state index contributed by atoms with van der Waals surface area (Å²) in [4.78, 5) is 25.1. The minimum atomic E-state index is -0.134. The Balaban J connectivity index is 1.97. The lowest BCUT2D eigenvalue weighted by atomic mass is 10.1. The van der Waals surface area contributed by atoms with E-state index >= 15 is 0 Å². The van der Waals surface area contributed by atoms with Crippen molar-refractivity contribution in [3.05, 3.63) is 34.3 Å². The molecule has 3 amide bonds. The molecule has 0 aromatic heterocycles. The van der Waals surface area contributed by atoms with Crippen LogP contribution in [0.3, 0.4) is 0 Å². The van der Waals surface area contributed by atoms with E-state index in [1.807, 2.05) is 31.2 Å². The van der Waals surface area contributed by atoms with Crippen LogP contribution in [-0.2, 0) is 4.79 Å². The standard InChI is InChI=1S/C14H18BrN3O2/c1-10(11-4-2-3-5-12(11)15)17-14(20)18-8-6-13(19)16-7-9-18/h2-5,10H,6-9H2,1H3,(H,16,19)(H,17,20)/t10-/m1/s1. The van der Waals surface area contributed by atoms with Crippen LogP contribution in [0.1, 0.15) is 24.9 Å². The highest BCUT2D eigenvalue weighted by Gasteiger charge is 2.20. The van der Waals surface area contributed by atoms with Gasteiger partial charge < -0.3 is 15.5 Å². The van der Waals surface area contributed by atoms with Crippen molar-refractivity contribution in [3.8, 4) is 0 Å². The number of carbonyl (C=O) groups is 2. The maximum Gasteiger partial charge on any atom is 0.317 e. The fraction of sp³-hybridized carbons (Fsp3) is 0.429. The van der Waals surface area contributed by atoms with Gasteiger partial charge in [0.15, 0.2) is 0 Å². The summed E-state index contributed by atoms with van der Waals surface area (Å²) < 4.78 is 0.973. The highest BCUT2D eigenvalue weighted by Crippen LogP contribution is 2.22. The Labute approximate surface area is 126 Å².